The van der Waals surface area contributed by atoms with Gasteiger partial charge >= 0.3 is 0 Å². The minimum absolute atomic E-state index is 0.331. The molecule has 1 aliphatic rings. The molecule has 118 valence electrons. The molecule has 2 rings (SSSR count). The Morgan fingerprint density at radius 1 is 1.19 bits per heavy atom. The van der Waals surface area contributed by atoms with Crippen LogP contribution in [0.2, 0.25) is 0 Å². The van der Waals surface area contributed by atoms with E-state index in [9.17, 15) is 0 Å². The molecule has 1 aliphatic heterocycles. The summed E-state index contributed by atoms with van der Waals surface area (Å²) in [7, 11) is 0. The topological polar surface area (TPSA) is 38.5 Å². The number of nitrogens with two attached hydrogens (primary N) is 1. The zero-order valence-corrected chi connectivity index (χ0v) is 13.7. The van der Waals surface area contributed by atoms with E-state index in [1.54, 1.807) is 0 Å². The van der Waals surface area contributed by atoms with Crippen LogP contribution in [-0.2, 0) is 0 Å². The average molecular weight is 290 g/mol. The van der Waals surface area contributed by atoms with E-state index in [0.717, 1.165) is 31.9 Å². The first-order valence-corrected chi connectivity index (χ1v) is 8.34. The van der Waals surface area contributed by atoms with E-state index in [1.807, 2.05) is 0 Å². The van der Waals surface area contributed by atoms with Gasteiger partial charge in [-0.25, -0.2) is 0 Å². The summed E-state index contributed by atoms with van der Waals surface area (Å²) in [6.07, 6.45) is 3.49. The Morgan fingerprint density at radius 2 is 1.81 bits per heavy atom. The number of likely N-dealkylation sites (tertiary alicyclic amines) is 1. The summed E-state index contributed by atoms with van der Waals surface area (Å²) in [5.41, 5.74) is 7.40. The van der Waals surface area contributed by atoms with E-state index in [0.29, 0.717) is 18.0 Å². The van der Waals surface area contributed by atoms with Gasteiger partial charge in [-0.15, -0.1) is 0 Å². The first-order valence-electron chi connectivity index (χ1n) is 8.34. The van der Waals surface area contributed by atoms with E-state index in [4.69, 9.17) is 10.5 Å². The van der Waals surface area contributed by atoms with E-state index in [1.165, 1.54) is 18.4 Å². The second-order valence-electron chi connectivity index (χ2n) is 6.33. The molecular formula is C18H30N2O. The lowest BCUT2D eigenvalue weighted by Gasteiger charge is -2.37. The number of benzene rings is 1. The largest absolute Gasteiger partial charge is 0.494 e. The molecular weight excluding hydrogens is 260 g/mol. The Hall–Kier alpha value is -1.06. The van der Waals surface area contributed by atoms with Gasteiger partial charge in [-0.1, -0.05) is 19.1 Å². The van der Waals surface area contributed by atoms with Gasteiger partial charge in [-0.2, -0.15) is 0 Å². The van der Waals surface area contributed by atoms with Crippen LogP contribution in [0.4, 0.5) is 0 Å². The van der Waals surface area contributed by atoms with Crippen LogP contribution in [0.3, 0.4) is 0 Å². The van der Waals surface area contributed by atoms with Crippen molar-refractivity contribution < 1.29 is 4.74 Å². The van der Waals surface area contributed by atoms with Crippen LogP contribution < -0.4 is 10.5 Å². The molecule has 1 saturated heterocycles. The van der Waals surface area contributed by atoms with Crippen molar-refractivity contribution in [2.75, 3.05) is 19.7 Å². The average Bonchev–Trinajstić information content (AvgIpc) is 2.53. The molecule has 0 aromatic heterocycles. The maximum atomic E-state index is 6.02. The molecule has 3 heteroatoms. The first-order chi connectivity index (χ1) is 10.1. The SMILES string of the molecule is CCCOc1ccc(C(C)N2CCC(C(C)N)CC2)cc1. The van der Waals surface area contributed by atoms with Crippen LogP contribution in [-0.4, -0.2) is 30.6 Å². The van der Waals surface area contributed by atoms with Crippen LogP contribution in [0.25, 0.3) is 0 Å². The Kier molecular flexibility index (Phi) is 6.07. The minimum atomic E-state index is 0.331. The van der Waals surface area contributed by atoms with Crippen LogP contribution in [0.15, 0.2) is 24.3 Å². The predicted octanol–water partition coefficient (Wildman–Crippen LogP) is 3.60. The van der Waals surface area contributed by atoms with Gasteiger partial charge in [0, 0.05) is 12.1 Å². The van der Waals surface area contributed by atoms with Crippen molar-refractivity contribution in [2.45, 2.75) is 52.1 Å². The fourth-order valence-electron chi connectivity index (χ4n) is 3.11. The number of piperidine rings is 1. The fraction of sp³-hybridized carbons (Fsp3) is 0.667. The number of hydrogen-bond acceptors (Lipinski definition) is 3. The second-order valence-corrected chi connectivity index (χ2v) is 6.33. The lowest BCUT2D eigenvalue weighted by molar-refractivity contribution is 0.132. The Morgan fingerprint density at radius 3 is 2.33 bits per heavy atom. The molecule has 3 nitrogen and oxygen atoms in total. The van der Waals surface area contributed by atoms with Crippen LogP contribution in [0.5, 0.6) is 5.75 Å². The van der Waals surface area contributed by atoms with Gasteiger partial charge < -0.3 is 10.5 Å². The summed E-state index contributed by atoms with van der Waals surface area (Å²) in [6, 6.07) is 9.39. The van der Waals surface area contributed by atoms with Crippen LogP contribution in [0.1, 0.15) is 51.6 Å². The third-order valence-corrected chi connectivity index (χ3v) is 4.70. The van der Waals surface area contributed by atoms with Crippen molar-refractivity contribution in [3.05, 3.63) is 29.8 Å². The summed E-state index contributed by atoms with van der Waals surface area (Å²) in [4.78, 5) is 2.57. The van der Waals surface area contributed by atoms with Crippen molar-refractivity contribution in [3.63, 3.8) is 0 Å². The number of nitrogens with zero attached hydrogens (tertiary/aromatic N) is 1. The second kappa shape index (κ2) is 7.81. The lowest BCUT2D eigenvalue weighted by Crippen LogP contribution is -2.40. The monoisotopic (exact) mass is 290 g/mol. The molecule has 1 aromatic rings. The normalized spacial score (nSPS) is 20.2. The van der Waals surface area contributed by atoms with E-state index >= 15 is 0 Å². The highest BCUT2D eigenvalue weighted by atomic mass is 16.5. The molecule has 1 heterocycles. The van der Waals surface area contributed by atoms with E-state index in [-0.39, 0.29) is 0 Å². The maximum Gasteiger partial charge on any atom is 0.119 e. The van der Waals surface area contributed by atoms with Crippen LogP contribution in [0, 0.1) is 5.92 Å². The van der Waals surface area contributed by atoms with Crippen molar-refractivity contribution in [3.8, 4) is 5.75 Å². The molecule has 2 unspecified atom stereocenters. The molecule has 0 spiro atoms. The predicted molar refractivity (Wildman–Crippen MR) is 88.6 cm³/mol. The molecule has 1 fully saturated rings. The molecule has 1 aromatic carbocycles. The third kappa shape index (κ3) is 4.45. The van der Waals surface area contributed by atoms with Gasteiger partial charge in [0.05, 0.1) is 6.61 Å². The maximum absolute atomic E-state index is 6.02. The van der Waals surface area contributed by atoms with Gasteiger partial charge in [0.2, 0.25) is 0 Å². The van der Waals surface area contributed by atoms with Crippen molar-refractivity contribution in [1.29, 1.82) is 0 Å². The van der Waals surface area contributed by atoms with Gasteiger partial charge in [-0.05, 0) is 69.8 Å². The fourth-order valence-corrected chi connectivity index (χ4v) is 3.11. The molecule has 0 bridgehead atoms. The number of ether oxygens (including phenoxy) is 1. The Labute approximate surface area is 129 Å². The van der Waals surface area contributed by atoms with E-state index < -0.39 is 0 Å². The Bertz CT molecular complexity index is 408. The molecule has 0 amide bonds. The van der Waals surface area contributed by atoms with Gasteiger partial charge in [0.15, 0.2) is 0 Å². The first kappa shape index (κ1) is 16.3. The molecule has 2 N–H and O–H groups in total. The van der Waals surface area contributed by atoms with E-state index in [2.05, 4.69) is 49.9 Å². The molecule has 0 saturated carbocycles. The van der Waals surface area contributed by atoms with Gasteiger partial charge in [0.1, 0.15) is 5.75 Å². The lowest BCUT2D eigenvalue weighted by atomic mass is 9.90. The highest BCUT2D eigenvalue weighted by Crippen LogP contribution is 2.28. The standard InChI is InChI=1S/C18H30N2O/c1-4-13-21-18-7-5-17(6-8-18)15(3)20-11-9-16(10-12-20)14(2)19/h5-8,14-16H,4,9-13,19H2,1-3H3. The summed E-state index contributed by atoms with van der Waals surface area (Å²) in [5, 5.41) is 0. The molecule has 21 heavy (non-hydrogen) atoms. The van der Waals surface area contributed by atoms with Crippen molar-refractivity contribution in [2.24, 2.45) is 11.7 Å². The summed E-state index contributed by atoms with van der Waals surface area (Å²) >= 11 is 0. The summed E-state index contributed by atoms with van der Waals surface area (Å²) in [5.74, 6) is 1.67. The summed E-state index contributed by atoms with van der Waals surface area (Å²) in [6.45, 7) is 9.66. The zero-order chi connectivity index (χ0) is 15.2. The highest BCUT2D eigenvalue weighted by Gasteiger charge is 2.25. The number of rotatable bonds is 6. The van der Waals surface area contributed by atoms with Gasteiger partial charge in [0.25, 0.3) is 0 Å². The smallest absolute Gasteiger partial charge is 0.119 e. The zero-order valence-electron chi connectivity index (χ0n) is 13.7. The quantitative estimate of drug-likeness (QED) is 0.870. The van der Waals surface area contributed by atoms with Crippen LogP contribution >= 0.6 is 0 Å². The Balaban J connectivity index is 1.89. The summed E-state index contributed by atoms with van der Waals surface area (Å²) < 4.78 is 5.65. The van der Waals surface area contributed by atoms with Gasteiger partial charge in [-0.3, -0.25) is 4.90 Å². The minimum Gasteiger partial charge on any atom is -0.494 e. The molecule has 2 atom stereocenters. The van der Waals surface area contributed by atoms with Crippen molar-refractivity contribution >= 4 is 0 Å². The molecule has 0 aliphatic carbocycles. The third-order valence-electron chi connectivity index (χ3n) is 4.70. The van der Waals surface area contributed by atoms with Crippen molar-refractivity contribution in [1.82, 2.24) is 4.90 Å². The number of hydrogen-bond donors (Lipinski definition) is 1. The highest BCUT2D eigenvalue weighted by molar-refractivity contribution is 5.29. The molecule has 0 radical (unpaired) electrons.